The molecule has 1 aromatic carbocycles. The van der Waals surface area contributed by atoms with Crippen molar-refractivity contribution in [3.8, 4) is 0 Å². The number of carbonyl (C=O) groups excluding carboxylic acids is 1. The van der Waals surface area contributed by atoms with Crippen LogP contribution in [0.5, 0.6) is 0 Å². The summed E-state index contributed by atoms with van der Waals surface area (Å²) >= 11 is 0. The van der Waals surface area contributed by atoms with E-state index < -0.39 is 0 Å². The van der Waals surface area contributed by atoms with Crippen molar-refractivity contribution in [1.29, 1.82) is 0 Å². The number of rotatable bonds is 5. The van der Waals surface area contributed by atoms with Gasteiger partial charge in [-0.3, -0.25) is 9.63 Å². The van der Waals surface area contributed by atoms with Crippen molar-refractivity contribution in [2.45, 2.75) is 13.5 Å². The molecule has 0 saturated carbocycles. The number of nitrogens with one attached hydrogen (secondary N) is 1. The van der Waals surface area contributed by atoms with Crippen LogP contribution < -0.4 is 5.32 Å². The maximum atomic E-state index is 11.7. The molecule has 0 aliphatic rings. The molecule has 1 N–H and O–H groups in total. The molecule has 0 fully saturated rings. The third kappa shape index (κ3) is 3.32. The van der Waals surface area contributed by atoms with Gasteiger partial charge in [-0.05, 0) is 24.2 Å². The molecule has 4 heteroatoms. The van der Waals surface area contributed by atoms with Crippen LogP contribution in [0.4, 0.5) is 0 Å². The van der Waals surface area contributed by atoms with Crippen LogP contribution in [0.1, 0.15) is 22.8 Å². The Kier molecular flexibility index (Phi) is 4.95. The fourth-order valence-corrected chi connectivity index (χ4v) is 1.30. The monoisotopic (exact) mass is 222 g/mol. The zero-order valence-corrected chi connectivity index (χ0v) is 9.99. The van der Waals surface area contributed by atoms with E-state index in [0.717, 1.165) is 13.1 Å². The van der Waals surface area contributed by atoms with Crippen LogP contribution >= 0.6 is 0 Å². The van der Waals surface area contributed by atoms with Crippen molar-refractivity contribution in [1.82, 2.24) is 10.4 Å². The minimum atomic E-state index is -0.141. The lowest BCUT2D eigenvalue weighted by Gasteiger charge is -2.13. The average molecular weight is 222 g/mol. The molecule has 0 spiro atoms. The fourth-order valence-electron chi connectivity index (χ4n) is 1.30. The molecule has 1 rings (SSSR count). The first-order valence-electron chi connectivity index (χ1n) is 5.30. The highest BCUT2D eigenvalue weighted by atomic mass is 16.7. The van der Waals surface area contributed by atoms with Crippen molar-refractivity contribution in [3.63, 3.8) is 0 Å². The van der Waals surface area contributed by atoms with Gasteiger partial charge in [0.05, 0.1) is 7.11 Å². The van der Waals surface area contributed by atoms with E-state index in [1.165, 1.54) is 17.7 Å². The Morgan fingerprint density at radius 2 is 2.00 bits per heavy atom. The Labute approximate surface area is 96.2 Å². The number of nitrogens with zero attached hydrogens (tertiary/aromatic N) is 1. The summed E-state index contributed by atoms with van der Waals surface area (Å²) in [6, 6.07) is 7.51. The smallest absolute Gasteiger partial charge is 0.277 e. The van der Waals surface area contributed by atoms with Crippen molar-refractivity contribution in [2.24, 2.45) is 0 Å². The summed E-state index contributed by atoms with van der Waals surface area (Å²) in [5.41, 5.74) is 1.79. The van der Waals surface area contributed by atoms with Crippen LogP contribution in [0.3, 0.4) is 0 Å². The molecule has 0 radical (unpaired) electrons. The molecular weight excluding hydrogens is 204 g/mol. The molecule has 1 amide bonds. The normalized spacial score (nSPS) is 10.2. The lowest BCUT2D eigenvalue weighted by Crippen LogP contribution is -2.25. The van der Waals surface area contributed by atoms with Gasteiger partial charge in [0.15, 0.2) is 0 Å². The van der Waals surface area contributed by atoms with E-state index in [1.807, 2.05) is 24.3 Å². The second kappa shape index (κ2) is 6.25. The Morgan fingerprint density at radius 3 is 2.50 bits per heavy atom. The maximum absolute atomic E-state index is 11.7. The molecule has 0 heterocycles. The number of benzene rings is 1. The predicted octanol–water partition coefficient (Wildman–Crippen LogP) is 1.43. The molecule has 0 saturated heterocycles. The summed E-state index contributed by atoms with van der Waals surface area (Å²) in [6.07, 6.45) is 0. The number of carbonyl (C=O) groups is 1. The van der Waals surface area contributed by atoms with E-state index in [4.69, 9.17) is 4.84 Å². The van der Waals surface area contributed by atoms with Crippen LogP contribution in [-0.4, -0.2) is 31.7 Å². The summed E-state index contributed by atoms with van der Waals surface area (Å²) in [4.78, 5) is 16.5. The van der Waals surface area contributed by atoms with Crippen LogP contribution in [0.25, 0.3) is 0 Å². The van der Waals surface area contributed by atoms with Gasteiger partial charge in [0, 0.05) is 19.2 Å². The van der Waals surface area contributed by atoms with Crippen LogP contribution in [0.15, 0.2) is 24.3 Å². The molecular formula is C12H18N2O2. The zero-order valence-electron chi connectivity index (χ0n) is 9.99. The lowest BCUT2D eigenvalue weighted by molar-refractivity contribution is -0.0756. The van der Waals surface area contributed by atoms with E-state index >= 15 is 0 Å². The van der Waals surface area contributed by atoms with Crippen LogP contribution in [-0.2, 0) is 11.4 Å². The maximum Gasteiger partial charge on any atom is 0.277 e. The van der Waals surface area contributed by atoms with Crippen molar-refractivity contribution in [3.05, 3.63) is 35.4 Å². The summed E-state index contributed by atoms with van der Waals surface area (Å²) in [7, 11) is 3.06. The van der Waals surface area contributed by atoms with Crippen LogP contribution in [0, 0.1) is 0 Å². The van der Waals surface area contributed by atoms with Crippen molar-refractivity contribution >= 4 is 5.91 Å². The molecule has 0 aromatic heterocycles. The second-order valence-electron chi connectivity index (χ2n) is 3.46. The first-order valence-corrected chi connectivity index (χ1v) is 5.30. The summed E-state index contributed by atoms with van der Waals surface area (Å²) in [5, 5.41) is 4.43. The number of hydrogen-bond donors (Lipinski definition) is 1. The Hall–Kier alpha value is -1.39. The van der Waals surface area contributed by atoms with Gasteiger partial charge in [-0.1, -0.05) is 19.1 Å². The van der Waals surface area contributed by atoms with Gasteiger partial charge in [0.1, 0.15) is 0 Å². The molecule has 16 heavy (non-hydrogen) atoms. The van der Waals surface area contributed by atoms with Gasteiger partial charge in [-0.2, -0.15) is 0 Å². The highest BCUT2D eigenvalue weighted by molar-refractivity contribution is 5.93. The van der Waals surface area contributed by atoms with E-state index in [2.05, 4.69) is 12.2 Å². The van der Waals surface area contributed by atoms with Crippen LogP contribution in [0.2, 0.25) is 0 Å². The zero-order chi connectivity index (χ0) is 12.0. The number of amides is 1. The largest absolute Gasteiger partial charge is 0.313 e. The lowest BCUT2D eigenvalue weighted by atomic mass is 10.1. The predicted molar refractivity (Wildman–Crippen MR) is 62.9 cm³/mol. The van der Waals surface area contributed by atoms with Gasteiger partial charge < -0.3 is 5.32 Å². The molecule has 0 aliphatic heterocycles. The first-order chi connectivity index (χ1) is 7.69. The fraction of sp³-hybridized carbons (Fsp3) is 0.417. The summed E-state index contributed by atoms with van der Waals surface area (Å²) in [6.45, 7) is 3.82. The second-order valence-corrected chi connectivity index (χ2v) is 3.46. The Morgan fingerprint density at radius 1 is 1.38 bits per heavy atom. The van der Waals surface area contributed by atoms with Gasteiger partial charge in [-0.15, -0.1) is 0 Å². The average Bonchev–Trinajstić information content (AvgIpc) is 2.35. The van der Waals surface area contributed by atoms with Crippen molar-refractivity contribution in [2.75, 3.05) is 20.7 Å². The Balaban J connectivity index is 2.67. The topological polar surface area (TPSA) is 41.6 Å². The minimum Gasteiger partial charge on any atom is -0.313 e. The van der Waals surface area contributed by atoms with E-state index in [0.29, 0.717) is 5.56 Å². The van der Waals surface area contributed by atoms with Crippen molar-refractivity contribution < 1.29 is 9.63 Å². The minimum absolute atomic E-state index is 0.141. The number of hydrogen-bond acceptors (Lipinski definition) is 3. The van der Waals surface area contributed by atoms with Gasteiger partial charge in [-0.25, -0.2) is 5.06 Å². The molecule has 88 valence electrons. The van der Waals surface area contributed by atoms with Gasteiger partial charge >= 0.3 is 0 Å². The molecule has 1 aromatic rings. The number of hydroxylamine groups is 2. The van der Waals surface area contributed by atoms with E-state index in [-0.39, 0.29) is 5.91 Å². The van der Waals surface area contributed by atoms with Gasteiger partial charge in [0.25, 0.3) is 5.91 Å². The van der Waals surface area contributed by atoms with E-state index in [1.54, 1.807) is 7.05 Å². The molecule has 0 atom stereocenters. The SMILES string of the molecule is CCNCc1ccc(C(=O)N(C)OC)cc1. The molecule has 0 aliphatic carbocycles. The first kappa shape index (κ1) is 12.7. The standard InChI is InChI=1S/C12H18N2O2/c1-4-13-9-10-5-7-11(8-6-10)12(15)14(2)16-3/h5-8,13H,4,9H2,1-3H3. The third-order valence-electron chi connectivity index (χ3n) is 2.34. The highest BCUT2D eigenvalue weighted by Crippen LogP contribution is 2.06. The van der Waals surface area contributed by atoms with E-state index in [9.17, 15) is 4.79 Å². The quantitative estimate of drug-likeness (QED) is 0.766. The molecule has 4 nitrogen and oxygen atoms in total. The highest BCUT2D eigenvalue weighted by Gasteiger charge is 2.10. The summed E-state index contributed by atoms with van der Waals surface area (Å²) < 4.78 is 0. The van der Waals surface area contributed by atoms with Gasteiger partial charge in [0.2, 0.25) is 0 Å². The molecule has 0 unspecified atom stereocenters. The Bertz CT molecular complexity index is 335. The third-order valence-corrected chi connectivity index (χ3v) is 2.34. The summed E-state index contributed by atoms with van der Waals surface area (Å²) in [5.74, 6) is -0.141. The molecule has 0 bridgehead atoms.